The molecular formula is C18H17N3O2. The fourth-order valence-corrected chi connectivity index (χ4v) is 2.28. The molecule has 0 saturated carbocycles. The van der Waals surface area contributed by atoms with E-state index >= 15 is 0 Å². The minimum atomic E-state index is -0.426. The predicted molar refractivity (Wildman–Crippen MR) is 94.8 cm³/mol. The van der Waals surface area contributed by atoms with Gasteiger partial charge in [-0.15, -0.1) is 0 Å². The topological polar surface area (TPSA) is 80.6 Å². The van der Waals surface area contributed by atoms with Gasteiger partial charge in [0, 0.05) is 29.9 Å². The Labute approximate surface area is 133 Å². The molecule has 0 spiro atoms. The van der Waals surface area contributed by atoms with Crippen LogP contribution in [0, 0.1) is 0 Å². The van der Waals surface area contributed by atoms with Gasteiger partial charge in [-0.2, -0.15) is 0 Å². The maximum Gasteiger partial charge on any atom is 0.345 e. The minimum Gasteiger partial charge on any atom is -0.422 e. The summed E-state index contributed by atoms with van der Waals surface area (Å²) in [5.74, 6) is 0. The van der Waals surface area contributed by atoms with Crippen molar-refractivity contribution in [1.82, 2.24) is 0 Å². The second kappa shape index (κ2) is 6.36. The number of nitrogen functional groups attached to an aromatic ring is 1. The van der Waals surface area contributed by atoms with Gasteiger partial charge in [-0.3, -0.25) is 4.99 Å². The zero-order valence-corrected chi connectivity index (χ0v) is 12.7. The number of aliphatic imine (C=N–C) groups is 1. The van der Waals surface area contributed by atoms with E-state index in [1.165, 1.54) is 6.21 Å². The summed E-state index contributed by atoms with van der Waals surface area (Å²) >= 11 is 0. The van der Waals surface area contributed by atoms with Crippen LogP contribution in [0.2, 0.25) is 0 Å². The molecule has 0 atom stereocenters. The molecule has 2 aromatic carbocycles. The lowest BCUT2D eigenvalue weighted by atomic mass is 10.2. The smallest absolute Gasteiger partial charge is 0.345 e. The van der Waals surface area contributed by atoms with Gasteiger partial charge in [0.25, 0.3) is 0 Å². The highest BCUT2D eigenvalue weighted by atomic mass is 16.4. The molecule has 1 heterocycles. The summed E-state index contributed by atoms with van der Waals surface area (Å²) in [6.07, 6.45) is 1.48. The molecule has 0 fully saturated rings. The van der Waals surface area contributed by atoms with Gasteiger partial charge >= 0.3 is 5.63 Å². The molecule has 0 aliphatic rings. The van der Waals surface area contributed by atoms with E-state index in [-0.39, 0.29) is 0 Å². The molecule has 1 aromatic heterocycles. The van der Waals surface area contributed by atoms with Crippen molar-refractivity contribution in [2.45, 2.75) is 6.92 Å². The number of benzene rings is 2. The first-order valence-corrected chi connectivity index (χ1v) is 7.37. The molecule has 3 N–H and O–H groups in total. The number of anilines is 2. The van der Waals surface area contributed by atoms with Crippen LogP contribution in [0.25, 0.3) is 11.0 Å². The first kappa shape index (κ1) is 14.8. The molecule has 23 heavy (non-hydrogen) atoms. The second-order valence-electron chi connectivity index (χ2n) is 5.09. The average molecular weight is 307 g/mol. The number of hydrogen-bond acceptors (Lipinski definition) is 5. The normalized spacial score (nSPS) is 11.2. The number of fused-ring (bicyclic) bond motifs is 1. The van der Waals surface area contributed by atoms with Crippen LogP contribution in [0.15, 0.2) is 62.7 Å². The first-order valence-electron chi connectivity index (χ1n) is 7.37. The molecular weight excluding hydrogens is 290 g/mol. The molecule has 0 saturated heterocycles. The van der Waals surface area contributed by atoms with Crippen LogP contribution in [-0.2, 0) is 0 Å². The lowest BCUT2D eigenvalue weighted by Crippen LogP contribution is -2.06. The Morgan fingerprint density at radius 1 is 1.22 bits per heavy atom. The number of para-hydroxylation sites is 2. The molecule has 3 rings (SSSR count). The highest BCUT2D eigenvalue weighted by Gasteiger charge is 2.05. The lowest BCUT2D eigenvalue weighted by molar-refractivity contribution is 0.560. The summed E-state index contributed by atoms with van der Waals surface area (Å²) in [6.45, 7) is 2.81. The highest BCUT2D eigenvalue weighted by Crippen LogP contribution is 2.21. The Morgan fingerprint density at radius 2 is 2.04 bits per heavy atom. The van der Waals surface area contributed by atoms with Crippen molar-refractivity contribution in [2.75, 3.05) is 17.6 Å². The Bertz CT molecular complexity index is 929. The van der Waals surface area contributed by atoms with Crippen LogP contribution in [-0.4, -0.2) is 12.8 Å². The summed E-state index contributed by atoms with van der Waals surface area (Å²) in [5, 5.41) is 4.03. The first-order chi connectivity index (χ1) is 11.2. The number of rotatable bonds is 4. The van der Waals surface area contributed by atoms with E-state index in [1.54, 1.807) is 18.2 Å². The summed E-state index contributed by atoms with van der Waals surface area (Å²) in [5.41, 5.74) is 8.44. The third kappa shape index (κ3) is 3.23. The van der Waals surface area contributed by atoms with E-state index in [0.717, 1.165) is 17.6 Å². The minimum absolute atomic E-state index is 0.386. The predicted octanol–water partition coefficient (Wildman–Crippen LogP) is 3.56. The van der Waals surface area contributed by atoms with Gasteiger partial charge in [0.15, 0.2) is 0 Å². The Balaban J connectivity index is 1.99. The third-order valence-electron chi connectivity index (χ3n) is 3.42. The Hall–Kier alpha value is -3.08. The van der Waals surface area contributed by atoms with Crippen LogP contribution < -0.4 is 16.7 Å². The molecule has 5 nitrogen and oxygen atoms in total. The van der Waals surface area contributed by atoms with Gasteiger partial charge < -0.3 is 15.5 Å². The van der Waals surface area contributed by atoms with Crippen molar-refractivity contribution in [2.24, 2.45) is 4.99 Å². The van der Waals surface area contributed by atoms with Gasteiger partial charge in [0.2, 0.25) is 0 Å². The van der Waals surface area contributed by atoms with E-state index in [4.69, 9.17) is 10.2 Å². The molecule has 0 unspecified atom stereocenters. The maximum absolute atomic E-state index is 12.1. The SMILES string of the molecule is CCNc1ccc2cc(C=Nc3ccccc3N)c(=O)oc2c1. The van der Waals surface area contributed by atoms with Crippen LogP contribution >= 0.6 is 0 Å². The van der Waals surface area contributed by atoms with Crippen LogP contribution in [0.3, 0.4) is 0 Å². The second-order valence-corrected chi connectivity index (χ2v) is 5.09. The number of nitrogens with zero attached hydrogens (tertiary/aromatic N) is 1. The van der Waals surface area contributed by atoms with Gasteiger partial charge in [-0.1, -0.05) is 12.1 Å². The van der Waals surface area contributed by atoms with Crippen LogP contribution in [0.4, 0.5) is 17.1 Å². The molecule has 3 aromatic rings. The van der Waals surface area contributed by atoms with Crippen molar-refractivity contribution in [1.29, 1.82) is 0 Å². The largest absolute Gasteiger partial charge is 0.422 e. The Morgan fingerprint density at radius 3 is 2.83 bits per heavy atom. The van der Waals surface area contributed by atoms with Gasteiger partial charge in [-0.25, -0.2) is 4.79 Å². The van der Waals surface area contributed by atoms with Crippen molar-refractivity contribution >= 4 is 34.2 Å². The summed E-state index contributed by atoms with van der Waals surface area (Å²) < 4.78 is 5.38. The fraction of sp³-hybridized carbons (Fsp3) is 0.111. The summed E-state index contributed by atoms with van der Waals surface area (Å²) in [4.78, 5) is 16.4. The van der Waals surface area contributed by atoms with Crippen molar-refractivity contribution < 1.29 is 4.42 Å². The van der Waals surface area contributed by atoms with Gasteiger partial charge in [0.1, 0.15) is 5.58 Å². The molecule has 116 valence electrons. The van der Waals surface area contributed by atoms with Crippen molar-refractivity contribution in [3.8, 4) is 0 Å². The molecule has 0 amide bonds. The number of nitrogens with two attached hydrogens (primary N) is 1. The zero-order valence-electron chi connectivity index (χ0n) is 12.7. The summed E-state index contributed by atoms with van der Waals surface area (Å²) in [6, 6.07) is 14.7. The van der Waals surface area contributed by atoms with Gasteiger partial charge in [-0.05, 0) is 37.3 Å². The molecule has 0 bridgehead atoms. The van der Waals surface area contributed by atoms with Gasteiger partial charge in [0.05, 0.1) is 16.9 Å². The monoisotopic (exact) mass is 307 g/mol. The van der Waals surface area contributed by atoms with E-state index < -0.39 is 5.63 Å². The molecule has 0 aliphatic heterocycles. The van der Waals surface area contributed by atoms with Crippen LogP contribution in [0.5, 0.6) is 0 Å². The zero-order chi connectivity index (χ0) is 16.2. The molecule has 0 aliphatic carbocycles. The highest BCUT2D eigenvalue weighted by molar-refractivity contribution is 5.89. The molecule has 0 radical (unpaired) electrons. The van der Waals surface area contributed by atoms with Crippen molar-refractivity contribution in [3.05, 3.63) is 64.5 Å². The molecule has 5 heteroatoms. The number of nitrogens with one attached hydrogen (secondary N) is 1. The third-order valence-corrected chi connectivity index (χ3v) is 3.42. The fourth-order valence-electron chi connectivity index (χ4n) is 2.28. The van der Waals surface area contributed by atoms with Crippen molar-refractivity contribution in [3.63, 3.8) is 0 Å². The average Bonchev–Trinajstić information content (AvgIpc) is 2.54. The van der Waals surface area contributed by atoms with E-state index in [0.29, 0.717) is 22.5 Å². The Kier molecular flexibility index (Phi) is 4.10. The van der Waals surface area contributed by atoms with E-state index in [2.05, 4.69) is 10.3 Å². The number of hydrogen-bond donors (Lipinski definition) is 2. The maximum atomic E-state index is 12.1. The van der Waals surface area contributed by atoms with E-state index in [1.807, 2.05) is 37.3 Å². The van der Waals surface area contributed by atoms with Crippen LogP contribution in [0.1, 0.15) is 12.5 Å². The quantitative estimate of drug-likeness (QED) is 0.439. The summed E-state index contributed by atoms with van der Waals surface area (Å²) in [7, 11) is 0. The lowest BCUT2D eigenvalue weighted by Gasteiger charge is -2.04. The van der Waals surface area contributed by atoms with E-state index in [9.17, 15) is 4.79 Å². The standard InChI is InChI=1S/C18H17N3O2/c1-2-20-14-8-7-12-9-13(18(22)23-17(12)10-14)11-21-16-6-4-3-5-15(16)19/h3-11,20H,2,19H2,1H3.